The lowest BCUT2D eigenvalue weighted by Gasteiger charge is -2.37. The van der Waals surface area contributed by atoms with E-state index in [0.29, 0.717) is 25.3 Å². The summed E-state index contributed by atoms with van der Waals surface area (Å²) in [7, 11) is -2.51. The minimum atomic E-state index is -2.51. The van der Waals surface area contributed by atoms with E-state index in [4.69, 9.17) is 8.85 Å². The van der Waals surface area contributed by atoms with Gasteiger partial charge in [0.05, 0.1) is 0 Å². The fourth-order valence-electron chi connectivity index (χ4n) is 3.86. The first-order valence-corrected chi connectivity index (χ1v) is 10.7. The molecule has 124 valence electrons. The molecule has 2 fully saturated rings. The molecule has 2 saturated carbocycles. The van der Waals surface area contributed by atoms with Crippen LogP contribution in [0.3, 0.4) is 0 Å². The molecule has 0 aromatic rings. The van der Waals surface area contributed by atoms with Crippen LogP contribution in [0.4, 0.5) is 0 Å². The molecule has 0 aliphatic heterocycles. The molecule has 0 spiro atoms. The van der Waals surface area contributed by atoms with E-state index in [1.54, 1.807) is 0 Å². The maximum Gasteiger partial charge on any atom is 0.517 e. The van der Waals surface area contributed by atoms with Crippen LogP contribution in [-0.4, -0.2) is 34.2 Å². The van der Waals surface area contributed by atoms with E-state index in [2.05, 4.69) is 37.7 Å². The lowest BCUT2D eigenvalue weighted by atomic mass is 10.1. The highest BCUT2D eigenvalue weighted by Crippen LogP contribution is 2.28. The van der Waals surface area contributed by atoms with Gasteiger partial charge in [-0.2, -0.15) is 0 Å². The number of hydrogen-bond acceptors (Lipinski definition) is 4. The predicted molar refractivity (Wildman–Crippen MR) is 88.9 cm³/mol. The third kappa shape index (κ3) is 4.52. The molecular weight excluding hydrogens is 280 g/mol. The fourth-order valence-corrected chi connectivity index (χ4v) is 7.01. The van der Waals surface area contributed by atoms with Crippen LogP contribution in [0.2, 0.25) is 0 Å². The zero-order chi connectivity index (χ0) is 15.3. The molecule has 4 atom stereocenters. The zero-order valence-electron chi connectivity index (χ0n) is 14.3. The average molecular weight is 315 g/mol. The second-order valence-corrected chi connectivity index (χ2v) is 9.19. The van der Waals surface area contributed by atoms with Gasteiger partial charge in [0.15, 0.2) is 0 Å². The number of rotatable bonds is 8. The van der Waals surface area contributed by atoms with E-state index in [1.807, 2.05) is 0 Å². The molecule has 0 bridgehead atoms. The Kier molecular flexibility index (Phi) is 6.68. The molecule has 0 radical (unpaired) electrons. The summed E-state index contributed by atoms with van der Waals surface area (Å²) in [4.78, 5) is 7.62. The lowest BCUT2D eigenvalue weighted by Crippen LogP contribution is -2.72. The smallest absolute Gasteiger partial charge is 0.371 e. The second-order valence-electron chi connectivity index (χ2n) is 6.80. The molecule has 5 heteroatoms. The summed E-state index contributed by atoms with van der Waals surface area (Å²) in [5, 5.41) is 0. The Morgan fingerprint density at radius 2 is 1.24 bits per heavy atom. The van der Waals surface area contributed by atoms with Gasteiger partial charge < -0.3 is 8.85 Å². The highest BCUT2D eigenvalue weighted by atomic mass is 28.4. The first-order valence-electron chi connectivity index (χ1n) is 8.93. The average Bonchev–Trinajstić information content (AvgIpc) is 3.01. The SMILES string of the molecule is CCO[Si](NC1CCCC1C)(NC1CCCC1C)OCC. The van der Waals surface area contributed by atoms with Gasteiger partial charge in [-0.3, -0.25) is 9.96 Å². The fraction of sp³-hybridized carbons (Fsp3) is 1.00. The molecule has 2 aliphatic carbocycles. The van der Waals surface area contributed by atoms with Crippen LogP contribution in [0.1, 0.15) is 66.2 Å². The van der Waals surface area contributed by atoms with E-state index in [-0.39, 0.29) is 0 Å². The molecule has 2 N–H and O–H groups in total. The Labute approximate surface area is 131 Å². The van der Waals surface area contributed by atoms with Crippen molar-refractivity contribution in [3.05, 3.63) is 0 Å². The van der Waals surface area contributed by atoms with Crippen LogP contribution in [-0.2, 0) is 8.85 Å². The van der Waals surface area contributed by atoms with Gasteiger partial charge >= 0.3 is 8.88 Å². The zero-order valence-corrected chi connectivity index (χ0v) is 15.3. The molecular formula is C16H34N2O2Si. The van der Waals surface area contributed by atoms with Crippen molar-refractivity contribution in [1.82, 2.24) is 9.96 Å². The summed E-state index contributed by atoms with van der Waals surface area (Å²) < 4.78 is 12.4. The van der Waals surface area contributed by atoms with Crippen molar-refractivity contribution in [3.63, 3.8) is 0 Å². The minimum Gasteiger partial charge on any atom is -0.371 e. The molecule has 2 aliphatic rings. The van der Waals surface area contributed by atoms with Crippen molar-refractivity contribution in [3.8, 4) is 0 Å². The molecule has 4 unspecified atom stereocenters. The normalized spacial score (nSPS) is 33.7. The van der Waals surface area contributed by atoms with E-state index < -0.39 is 8.88 Å². The Bertz CT molecular complexity index is 287. The largest absolute Gasteiger partial charge is 0.517 e. The van der Waals surface area contributed by atoms with Gasteiger partial charge in [-0.25, -0.2) is 0 Å². The first-order chi connectivity index (χ1) is 10.1. The monoisotopic (exact) mass is 314 g/mol. The Hall–Kier alpha value is 0.0569. The van der Waals surface area contributed by atoms with Crippen molar-refractivity contribution in [1.29, 1.82) is 0 Å². The molecule has 21 heavy (non-hydrogen) atoms. The molecule has 0 aromatic carbocycles. The highest BCUT2D eigenvalue weighted by Gasteiger charge is 2.46. The molecule has 2 rings (SSSR count). The Morgan fingerprint density at radius 3 is 1.52 bits per heavy atom. The maximum absolute atomic E-state index is 6.18. The molecule has 0 saturated heterocycles. The van der Waals surface area contributed by atoms with E-state index in [1.165, 1.54) is 38.5 Å². The van der Waals surface area contributed by atoms with Gasteiger partial charge in [0.2, 0.25) is 0 Å². The van der Waals surface area contributed by atoms with Crippen LogP contribution < -0.4 is 9.96 Å². The van der Waals surface area contributed by atoms with Crippen molar-refractivity contribution < 1.29 is 8.85 Å². The second kappa shape index (κ2) is 8.06. The Morgan fingerprint density at radius 1 is 0.810 bits per heavy atom. The lowest BCUT2D eigenvalue weighted by molar-refractivity contribution is 0.144. The van der Waals surface area contributed by atoms with E-state index in [0.717, 1.165) is 11.8 Å². The molecule has 0 amide bonds. The number of hydrogen-bond donors (Lipinski definition) is 2. The topological polar surface area (TPSA) is 42.5 Å². The van der Waals surface area contributed by atoms with Crippen molar-refractivity contribution in [2.45, 2.75) is 78.3 Å². The maximum atomic E-state index is 6.18. The predicted octanol–water partition coefficient (Wildman–Crippen LogP) is 3.05. The summed E-state index contributed by atoms with van der Waals surface area (Å²) in [6, 6.07) is 1.08. The molecule has 0 aromatic heterocycles. The van der Waals surface area contributed by atoms with Crippen molar-refractivity contribution >= 4 is 8.88 Å². The highest BCUT2D eigenvalue weighted by molar-refractivity contribution is 6.62. The third-order valence-corrected chi connectivity index (χ3v) is 8.06. The summed E-state index contributed by atoms with van der Waals surface area (Å²) in [6.45, 7) is 10.2. The minimum absolute atomic E-state index is 0.541. The molecule has 0 heterocycles. The van der Waals surface area contributed by atoms with Crippen LogP contribution in [0.15, 0.2) is 0 Å². The quantitative estimate of drug-likeness (QED) is 0.676. The van der Waals surface area contributed by atoms with E-state index in [9.17, 15) is 0 Å². The van der Waals surface area contributed by atoms with Gasteiger partial charge in [-0.05, 0) is 51.4 Å². The van der Waals surface area contributed by atoms with Gasteiger partial charge in [-0.1, -0.05) is 26.7 Å². The van der Waals surface area contributed by atoms with E-state index >= 15 is 0 Å². The van der Waals surface area contributed by atoms with Crippen molar-refractivity contribution in [2.75, 3.05) is 13.2 Å². The van der Waals surface area contributed by atoms with Crippen LogP contribution >= 0.6 is 0 Å². The summed E-state index contributed by atoms with van der Waals surface area (Å²) in [5.41, 5.74) is 0. The van der Waals surface area contributed by atoms with Crippen LogP contribution in [0.5, 0.6) is 0 Å². The number of nitrogens with one attached hydrogen (secondary N) is 2. The standard InChI is InChI=1S/C16H34N2O2Si/c1-5-19-21(20-6-2,17-15-11-7-9-13(15)3)18-16-12-8-10-14(16)4/h13-18H,5-12H2,1-4H3. The summed E-state index contributed by atoms with van der Waals surface area (Å²) in [5.74, 6) is 1.45. The van der Waals surface area contributed by atoms with Gasteiger partial charge in [0, 0.05) is 25.3 Å². The summed E-state index contributed by atoms with van der Waals surface area (Å²) in [6.07, 6.45) is 7.78. The Balaban J connectivity index is 2.07. The molecule has 4 nitrogen and oxygen atoms in total. The van der Waals surface area contributed by atoms with Crippen LogP contribution in [0, 0.1) is 11.8 Å². The van der Waals surface area contributed by atoms with Crippen molar-refractivity contribution in [2.24, 2.45) is 11.8 Å². The third-order valence-electron chi connectivity index (χ3n) is 5.17. The van der Waals surface area contributed by atoms with Gasteiger partial charge in [-0.15, -0.1) is 0 Å². The van der Waals surface area contributed by atoms with Gasteiger partial charge in [0.25, 0.3) is 0 Å². The van der Waals surface area contributed by atoms with Crippen LogP contribution in [0.25, 0.3) is 0 Å². The first kappa shape index (κ1) is 17.4. The summed E-state index contributed by atoms with van der Waals surface area (Å²) >= 11 is 0. The van der Waals surface area contributed by atoms with Gasteiger partial charge in [0.1, 0.15) is 0 Å².